The number of hydrogen-bond donors (Lipinski definition) is 1. The molecule has 0 bridgehead atoms. The van der Waals surface area contributed by atoms with E-state index in [1.165, 1.54) is 11.8 Å². The molecule has 0 aliphatic heterocycles. The van der Waals surface area contributed by atoms with Crippen molar-refractivity contribution in [1.82, 2.24) is 0 Å². The lowest BCUT2D eigenvalue weighted by atomic mass is 10.1. The van der Waals surface area contributed by atoms with Gasteiger partial charge in [0.2, 0.25) is 0 Å². The van der Waals surface area contributed by atoms with E-state index in [0.29, 0.717) is 0 Å². The Morgan fingerprint density at radius 3 is 2.52 bits per heavy atom. The Labute approximate surface area is 140 Å². The van der Waals surface area contributed by atoms with Crippen molar-refractivity contribution >= 4 is 29.3 Å². The fourth-order valence-corrected chi connectivity index (χ4v) is 2.64. The van der Waals surface area contributed by atoms with Crippen LogP contribution in [-0.2, 0) is 14.3 Å². The van der Waals surface area contributed by atoms with Crippen molar-refractivity contribution in [2.75, 3.05) is 17.7 Å². The number of nitrogens with one attached hydrogen (secondary N) is 1. The third-order valence-electron chi connectivity index (χ3n) is 3.34. The summed E-state index contributed by atoms with van der Waals surface area (Å²) in [6.45, 7) is 3.64. The zero-order chi connectivity index (χ0) is 16.7. The highest BCUT2D eigenvalue weighted by Gasteiger charge is 2.10. The highest BCUT2D eigenvalue weighted by atomic mass is 32.2. The minimum atomic E-state index is -0.407. The van der Waals surface area contributed by atoms with E-state index in [1.807, 2.05) is 62.4 Å². The summed E-state index contributed by atoms with van der Waals surface area (Å²) in [5.74, 6) is -0.562. The number of benzene rings is 2. The van der Waals surface area contributed by atoms with Gasteiger partial charge in [-0.25, -0.2) is 0 Å². The minimum Gasteiger partial charge on any atom is -0.455 e. The molecule has 0 saturated carbocycles. The molecule has 4 nitrogen and oxygen atoms in total. The zero-order valence-corrected chi connectivity index (χ0v) is 14.0. The molecule has 0 heterocycles. The summed E-state index contributed by atoms with van der Waals surface area (Å²) in [5.41, 5.74) is 2.84. The smallest absolute Gasteiger partial charge is 0.316 e. The average Bonchev–Trinajstić information content (AvgIpc) is 2.56. The van der Waals surface area contributed by atoms with E-state index in [2.05, 4.69) is 5.32 Å². The van der Waals surface area contributed by atoms with Crippen molar-refractivity contribution < 1.29 is 14.3 Å². The summed E-state index contributed by atoms with van der Waals surface area (Å²) in [6, 6.07) is 15.3. The molecule has 120 valence electrons. The second-order valence-corrected chi connectivity index (χ2v) is 6.11. The van der Waals surface area contributed by atoms with Crippen LogP contribution in [0.25, 0.3) is 0 Å². The van der Waals surface area contributed by atoms with E-state index < -0.39 is 5.97 Å². The van der Waals surface area contributed by atoms with E-state index in [9.17, 15) is 9.59 Å². The van der Waals surface area contributed by atoms with Crippen molar-refractivity contribution in [2.24, 2.45) is 0 Å². The van der Waals surface area contributed by atoms with Gasteiger partial charge in [-0.1, -0.05) is 30.3 Å². The Balaban J connectivity index is 1.75. The third kappa shape index (κ3) is 5.45. The van der Waals surface area contributed by atoms with Crippen LogP contribution in [0.15, 0.2) is 53.4 Å². The molecule has 0 unspecified atom stereocenters. The predicted octanol–water partition coefficient (Wildman–Crippen LogP) is 3.58. The quantitative estimate of drug-likeness (QED) is 0.650. The summed E-state index contributed by atoms with van der Waals surface area (Å²) in [5, 5.41) is 2.76. The summed E-state index contributed by atoms with van der Waals surface area (Å²) < 4.78 is 5.00. The SMILES string of the molecule is Cc1cccc(NC(=O)COC(=O)CSc2ccccc2)c1C. The molecule has 2 rings (SSSR count). The topological polar surface area (TPSA) is 55.4 Å². The molecule has 0 spiro atoms. The van der Waals surface area contributed by atoms with Gasteiger partial charge in [0.1, 0.15) is 0 Å². The number of anilines is 1. The Morgan fingerprint density at radius 2 is 1.78 bits per heavy atom. The molecule has 0 saturated heterocycles. The van der Waals surface area contributed by atoms with Crippen LogP contribution in [0.1, 0.15) is 11.1 Å². The molecule has 0 aromatic heterocycles. The molecule has 1 amide bonds. The van der Waals surface area contributed by atoms with Gasteiger partial charge in [0.25, 0.3) is 5.91 Å². The number of carbonyl (C=O) groups excluding carboxylic acids is 2. The molecule has 0 aliphatic rings. The molecule has 5 heteroatoms. The summed E-state index contributed by atoms with van der Waals surface area (Å²) >= 11 is 1.38. The number of amides is 1. The Bertz CT molecular complexity index is 686. The van der Waals surface area contributed by atoms with Crippen molar-refractivity contribution in [3.05, 3.63) is 59.7 Å². The van der Waals surface area contributed by atoms with Crippen molar-refractivity contribution in [3.8, 4) is 0 Å². The van der Waals surface area contributed by atoms with Crippen LogP contribution in [0.2, 0.25) is 0 Å². The summed E-state index contributed by atoms with van der Waals surface area (Å²) in [7, 11) is 0. The van der Waals surface area contributed by atoms with Crippen molar-refractivity contribution in [1.29, 1.82) is 0 Å². The maximum Gasteiger partial charge on any atom is 0.316 e. The van der Waals surface area contributed by atoms with E-state index in [1.54, 1.807) is 0 Å². The minimum absolute atomic E-state index is 0.181. The first-order valence-corrected chi connectivity index (χ1v) is 8.24. The highest BCUT2D eigenvalue weighted by Crippen LogP contribution is 2.18. The number of esters is 1. The molecular formula is C18H19NO3S. The van der Waals surface area contributed by atoms with E-state index in [4.69, 9.17) is 4.74 Å². The van der Waals surface area contributed by atoms with Gasteiger partial charge in [-0.3, -0.25) is 9.59 Å². The standard InChI is InChI=1S/C18H19NO3S/c1-13-7-6-10-16(14(13)2)19-17(20)11-22-18(21)12-23-15-8-4-3-5-9-15/h3-10H,11-12H2,1-2H3,(H,19,20). The molecule has 2 aromatic rings. The molecule has 1 N–H and O–H groups in total. The molecule has 0 radical (unpaired) electrons. The monoisotopic (exact) mass is 329 g/mol. The first-order chi connectivity index (χ1) is 11.1. The number of thioether (sulfide) groups is 1. The third-order valence-corrected chi connectivity index (χ3v) is 4.33. The van der Waals surface area contributed by atoms with Gasteiger partial charge >= 0.3 is 5.97 Å². The summed E-state index contributed by atoms with van der Waals surface area (Å²) in [4.78, 5) is 24.5. The number of ether oxygens (including phenoxy) is 1. The van der Waals surface area contributed by atoms with Crippen LogP contribution >= 0.6 is 11.8 Å². The summed E-state index contributed by atoms with van der Waals surface area (Å²) in [6.07, 6.45) is 0. The molecule has 0 fully saturated rings. The molecule has 23 heavy (non-hydrogen) atoms. The number of hydrogen-bond acceptors (Lipinski definition) is 4. The Morgan fingerprint density at radius 1 is 1.04 bits per heavy atom. The number of carbonyl (C=O) groups is 2. The van der Waals surface area contributed by atoms with Crippen molar-refractivity contribution in [3.63, 3.8) is 0 Å². The lowest BCUT2D eigenvalue weighted by Gasteiger charge is -2.10. The first-order valence-electron chi connectivity index (χ1n) is 7.26. The lowest BCUT2D eigenvalue weighted by Crippen LogP contribution is -2.22. The van der Waals surface area contributed by atoms with E-state index in [0.717, 1.165) is 21.7 Å². The Kier molecular flexibility index (Phi) is 6.23. The second kappa shape index (κ2) is 8.39. The van der Waals surface area contributed by atoms with Gasteiger partial charge in [0.05, 0.1) is 5.75 Å². The van der Waals surface area contributed by atoms with Gasteiger partial charge < -0.3 is 10.1 Å². The number of aryl methyl sites for hydroxylation is 1. The Hall–Kier alpha value is -2.27. The maximum absolute atomic E-state index is 11.9. The first kappa shape index (κ1) is 17.1. The van der Waals surface area contributed by atoms with Crippen LogP contribution in [0.5, 0.6) is 0 Å². The zero-order valence-electron chi connectivity index (χ0n) is 13.2. The van der Waals surface area contributed by atoms with Gasteiger partial charge in [-0.15, -0.1) is 11.8 Å². The second-order valence-electron chi connectivity index (χ2n) is 5.06. The van der Waals surface area contributed by atoms with Gasteiger partial charge in [-0.2, -0.15) is 0 Å². The van der Waals surface area contributed by atoms with Crippen LogP contribution in [0.4, 0.5) is 5.69 Å². The normalized spacial score (nSPS) is 10.2. The molecule has 0 atom stereocenters. The predicted molar refractivity (Wildman–Crippen MR) is 92.7 cm³/mol. The average molecular weight is 329 g/mol. The van der Waals surface area contributed by atoms with E-state index in [-0.39, 0.29) is 18.3 Å². The largest absolute Gasteiger partial charge is 0.455 e. The van der Waals surface area contributed by atoms with Gasteiger partial charge in [0, 0.05) is 10.6 Å². The maximum atomic E-state index is 11.9. The molecular weight excluding hydrogens is 310 g/mol. The molecule has 2 aromatic carbocycles. The fraction of sp³-hybridized carbons (Fsp3) is 0.222. The molecule has 0 aliphatic carbocycles. The van der Waals surface area contributed by atoms with Crippen molar-refractivity contribution in [2.45, 2.75) is 18.7 Å². The van der Waals surface area contributed by atoms with Crippen LogP contribution in [0, 0.1) is 13.8 Å². The van der Waals surface area contributed by atoms with E-state index >= 15 is 0 Å². The van der Waals surface area contributed by atoms with Crippen LogP contribution in [0.3, 0.4) is 0 Å². The number of rotatable bonds is 6. The highest BCUT2D eigenvalue weighted by molar-refractivity contribution is 8.00. The fourth-order valence-electron chi connectivity index (χ4n) is 1.92. The van der Waals surface area contributed by atoms with Gasteiger partial charge in [0.15, 0.2) is 6.61 Å². The van der Waals surface area contributed by atoms with Crippen LogP contribution < -0.4 is 5.32 Å². The van der Waals surface area contributed by atoms with Crippen LogP contribution in [-0.4, -0.2) is 24.2 Å². The lowest BCUT2D eigenvalue weighted by molar-refractivity contribution is -0.144. The van der Waals surface area contributed by atoms with Gasteiger partial charge in [-0.05, 0) is 43.2 Å².